The minimum absolute atomic E-state index is 0.149. The van der Waals surface area contributed by atoms with Crippen LogP contribution < -0.4 is 0 Å². The van der Waals surface area contributed by atoms with Crippen LogP contribution in [-0.2, 0) is 57.2 Å². The molecule has 0 rings (SSSR count). The van der Waals surface area contributed by atoms with Crippen LogP contribution in [-0.4, -0.2) is 75.5 Å². The lowest BCUT2D eigenvalue weighted by Gasteiger charge is -2.41. The van der Waals surface area contributed by atoms with Gasteiger partial charge in [0.15, 0.2) is 0 Å². The van der Waals surface area contributed by atoms with Crippen LogP contribution >= 0.6 is 0 Å². The topological polar surface area (TPSA) is 158 Å². The SMILES string of the molecule is CCOC(=O)CC(C(=O)OCC)(C(=O)OCC)C(CC(=O)OCC)(C(=O)OCC)C(=O)OCC. The summed E-state index contributed by atoms with van der Waals surface area (Å²) >= 11 is 0. The van der Waals surface area contributed by atoms with Crippen molar-refractivity contribution in [3.05, 3.63) is 0 Å². The molecule has 0 aliphatic rings. The molecule has 0 aliphatic heterocycles. The third kappa shape index (κ3) is 6.67. The maximum Gasteiger partial charge on any atom is 0.325 e. The monoisotopic (exact) mass is 490 g/mol. The van der Waals surface area contributed by atoms with Crippen molar-refractivity contribution in [2.75, 3.05) is 39.6 Å². The second-order valence-electron chi connectivity index (χ2n) is 6.66. The number of carbonyl (C=O) groups is 6. The van der Waals surface area contributed by atoms with Crippen LogP contribution in [0.3, 0.4) is 0 Å². The molecule has 0 aromatic rings. The van der Waals surface area contributed by atoms with Crippen LogP contribution in [0.25, 0.3) is 0 Å². The summed E-state index contributed by atoms with van der Waals surface area (Å²) in [4.78, 5) is 79.0. The summed E-state index contributed by atoms with van der Waals surface area (Å²) < 4.78 is 30.0. The maximum absolute atomic E-state index is 13.4. The van der Waals surface area contributed by atoms with Gasteiger partial charge in [-0.2, -0.15) is 0 Å². The molecule has 0 N–H and O–H groups in total. The van der Waals surface area contributed by atoms with Crippen molar-refractivity contribution >= 4 is 35.8 Å². The molecule has 0 radical (unpaired) electrons. The van der Waals surface area contributed by atoms with Crippen LogP contribution in [0.2, 0.25) is 0 Å². The molecule has 0 fully saturated rings. The lowest BCUT2D eigenvalue weighted by atomic mass is 9.59. The Morgan fingerprint density at radius 1 is 0.412 bits per heavy atom. The van der Waals surface area contributed by atoms with Gasteiger partial charge in [-0.1, -0.05) is 0 Å². The second-order valence-corrected chi connectivity index (χ2v) is 6.66. The number of hydrogen-bond donors (Lipinski definition) is 0. The van der Waals surface area contributed by atoms with Crippen molar-refractivity contribution in [3.63, 3.8) is 0 Å². The normalized spacial score (nSPS) is 11.1. The highest BCUT2D eigenvalue weighted by molar-refractivity contribution is 6.17. The van der Waals surface area contributed by atoms with Crippen LogP contribution in [0.15, 0.2) is 0 Å². The van der Waals surface area contributed by atoms with Crippen molar-refractivity contribution in [3.8, 4) is 0 Å². The van der Waals surface area contributed by atoms with Crippen LogP contribution in [0.5, 0.6) is 0 Å². The summed E-state index contributed by atoms with van der Waals surface area (Å²) in [5.41, 5.74) is -6.03. The molecule has 0 bridgehead atoms. The van der Waals surface area contributed by atoms with Gasteiger partial charge in [-0.15, -0.1) is 0 Å². The Bertz CT molecular complexity index is 644. The Morgan fingerprint density at radius 2 is 0.618 bits per heavy atom. The van der Waals surface area contributed by atoms with Crippen molar-refractivity contribution in [2.45, 2.75) is 54.4 Å². The fourth-order valence-electron chi connectivity index (χ4n) is 3.33. The van der Waals surface area contributed by atoms with Gasteiger partial charge in [0.25, 0.3) is 0 Å². The first-order valence-corrected chi connectivity index (χ1v) is 11.1. The van der Waals surface area contributed by atoms with Gasteiger partial charge >= 0.3 is 35.8 Å². The number of rotatable bonds is 15. The van der Waals surface area contributed by atoms with Gasteiger partial charge in [-0.25, -0.2) is 0 Å². The molecule has 0 saturated carbocycles. The van der Waals surface area contributed by atoms with Crippen LogP contribution in [0.4, 0.5) is 0 Å². The van der Waals surface area contributed by atoms with Crippen molar-refractivity contribution in [1.82, 2.24) is 0 Å². The summed E-state index contributed by atoms with van der Waals surface area (Å²) in [6.07, 6.45) is -2.34. The van der Waals surface area contributed by atoms with E-state index >= 15 is 0 Å². The molecule has 0 saturated heterocycles. The van der Waals surface area contributed by atoms with Gasteiger partial charge in [0.1, 0.15) is 0 Å². The van der Waals surface area contributed by atoms with E-state index in [0.717, 1.165) is 0 Å². The molecule has 0 amide bonds. The Labute approximate surface area is 198 Å². The molecule has 0 aliphatic carbocycles. The average molecular weight is 491 g/mol. The Hall–Kier alpha value is -3.18. The largest absolute Gasteiger partial charge is 0.466 e. The van der Waals surface area contributed by atoms with E-state index in [0.29, 0.717) is 0 Å². The number of hydrogen-bond acceptors (Lipinski definition) is 12. The van der Waals surface area contributed by atoms with E-state index in [9.17, 15) is 28.8 Å². The summed E-state index contributed by atoms with van der Waals surface area (Å²) in [5, 5.41) is 0. The van der Waals surface area contributed by atoms with E-state index in [1.807, 2.05) is 0 Å². The number of carbonyl (C=O) groups excluding carboxylic acids is 6. The quantitative estimate of drug-likeness (QED) is 0.183. The van der Waals surface area contributed by atoms with E-state index in [2.05, 4.69) is 0 Å². The molecule has 0 spiro atoms. The highest BCUT2D eigenvalue weighted by atomic mass is 16.6. The van der Waals surface area contributed by atoms with E-state index in [4.69, 9.17) is 28.4 Å². The van der Waals surface area contributed by atoms with Crippen LogP contribution in [0, 0.1) is 10.8 Å². The maximum atomic E-state index is 13.4. The number of ether oxygens (including phenoxy) is 6. The van der Waals surface area contributed by atoms with Crippen molar-refractivity contribution < 1.29 is 57.2 Å². The molecule has 0 atom stereocenters. The molecule has 0 aromatic heterocycles. The van der Waals surface area contributed by atoms with Crippen molar-refractivity contribution in [1.29, 1.82) is 0 Å². The zero-order valence-corrected chi connectivity index (χ0v) is 20.6. The minimum Gasteiger partial charge on any atom is -0.466 e. The molecule has 0 unspecified atom stereocenters. The molecule has 34 heavy (non-hydrogen) atoms. The predicted molar refractivity (Wildman–Crippen MR) is 114 cm³/mol. The minimum atomic E-state index is -3.02. The highest BCUT2D eigenvalue weighted by Gasteiger charge is 2.75. The first-order chi connectivity index (χ1) is 16.1. The summed E-state index contributed by atoms with van der Waals surface area (Å²) in [6, 6.07) is 0. The molecule has 194 valence electrons. The third-order valence-corrected chi connectivity index (χ3v) is 4.65. The Kier molecular flexibility index (Phi) is 13.5. The Balaban J connectivity index is 7.64. The van der Waals surface area contributed by atoms with Gasteiger partial charge in [0, 0.05) is 0 Å². The van der Waals surface area contributed by atoms with E-state index in [1.54, 1.807) is 0 Å². The van der Waals surface area contributed by atoms with E-state index in [1.165, 1.54) is 41.5 Å². The lowest BCUT2D eigenvalue weighted by Crippen LogP contribution is -2.64. The van der Waals surface area contributed by atoms with Crippen molar-refractivity contribution in [2.24, 2.45) is 10.8 Å². The van der Waals surface area contributed by atoms with Gasteiger partial charge in [-0.3, -0.25) is 28.8 Å². The van der Waals surface area contributed by atoms with Gasteiger partial charge in [-0.05, 0) is 41.5 Å². The summed E-state index contributed by atoms with van der Waals surface area (Å²) in [5.74, 6) is -8.13. The third-order valence-electron chi connectivity index (χ3n) is 4.65. The van der Waals surface area contributed by atoms with E-state index in [-0.39, 0.29) is 39.6 Å². The molecule has 0 aromatic carbocycles. The summed E-state index contributed by atoms with van der Waals surface area (Å²) in [7, 11) is 0. The smallest absolute Gasteiger partial charge is 0.325 e. The molecular weight excluding hydrogens is 456 g/mol. The zero-order valence-electron chi connectivity index (χ0n) is 20.6. The van der Waals surface area contributed by atoms with Crippen LogP contribution in [0.1, 0.15) is 54.4 Å². The molecule has 0 heterocycles. The standard InChI is InChI=1S/C22H34O12/c1-7-29-15(23)13-21(17(25)31-9-3,18(26)32-10-4)22(19(27)33-11-5,20(28)34-12-6)14-16(24)30-8-2/h7-14H2,1-6H3. The van der Waals surface area contributed by atoms with Gasteiger partial charge in [0.2, 0.25) is 10.8 Å². The van der Waals surface area contributed by atoms with Gasteiger partial charge in [0.05, 0.1) is 52.5 Å². The first kappa shape index (κ1) is 30.8. The second kappa shape index (κ2) is 14.9. The fraction of sp³-hybridized carbons (Fsp3) is 0.727. The average Bonchev–Trinajstić information content (AvgIpc) is 2.76. The summed E-state index contributed by atoms with van der Waals surface area (Å²) in [6.45, 7) is 7.05. The Morgan fingerprint density at radius 3 is 0.794 bits per heavy atom. The van der Waals surface area contributed by atoms with E-state index < -0.39 is 59.5 Å². The lowest BCUT2D eigenvalue weighted by molar-refractivity contribution is -0.208. The highest BCUT2D eigenvalue weighted by Crippen LogP contribution is 2.50. The van der Waals surface area contributed by atoms with Gasteiger partial charge < -0.3 is 28.4 Å². The molecular formula is C22H34O12. The predicted octanol–water partition coefficient (Wildman–Crippen LogP) is 1.12. The first-order valence-electron chi connectivity index (χ1n) is 11.1. The zero-order chi connectivity index (χ0) is 26.4. The molecule has 12 heteroatoms. The molecule has 12 nitrogen and oxygen atoms in total. The fourth-order valence-corrected chi connectivity index (χ4v) is 3.33. The number of esters is 6.